The van der Waals surface area contributed by atoms with Gasteiger partial charge < -0.3 is 14.9 Å². The van der Waals surface area contributed by atoms with Crippen LogP contribution >= 0.6 is 17.0 Å². The van der Waals surface area contributed by atoms with E-state index in [4.69, 9.17) is 10.4 Å². The number of carbonyl (C=O) groups excluding carboxylic acids is 1. The number of nitrogens with zero attached hydrogens (tertiary/aromatic N) is 3. The first-order valence-corrected chi connectivity index (χ1v) is 11.9. The zero-order chi connectivity index (χ0) is 24.1. The molecule has 2 aliphatic heterocycles. The van der Waals surface area contributed by atoms with E-state index in [9.17, 15) is 9.90 Å². The average Bonchev–Trinajstić information content (AvgIpc) is 3.35. The summed E-state index contributed by atoms with van der Waals surface area (Å²) < 4.78 is 0. The van der Waals surface area contributed by atoms with Crippen molar-refractivity contribution in [2.75, 3.05) is 24.5 Å². The van der Waals surface area contributed by atoms with Crippen molar-refractivity contribution in [2.24, 2.45) is 0 Å². The molecular formula is C27H37BrN4O2. The number of phenolic OH excluding ortho intramolecular Hbond substituents is 1. The second-order valence-electron chi connectivity index (χ2n) is 11.4. The quantitative estimate of drug-likeness (QED) is 0.506. The molecule has 2 aliphatic rings. The van der Waals surface area contributed by atoms with Gasteiger partial charge in [0.25, 0.3) is 0 Å². The molecule has 2 N–H and O–H groups in total. The molecule has 1 aromatic heterocycles. The Hall–Kier alpha value is -2.41. The number of hydrogen-bond donors (Lipinski definition) is 2. The second kappa shape index (κ2) is 9.33. The molecule has 2 aromatic rings. The van der Waals surface area contributed by atoms with E-state index in [0.717, 1.165) is 35.6 Å². The summed E-state index contributed by atoms with van der Waals surface area (Å²) in [5.41, 5.74) is 3.21. The lowest BCUT2D eigenvalue weighted by Crippen LogP contribution is -2.31. The Kier molecular flexibility index (Phi) is 7.19. The highest BCUT2D eigenvalue weighted by Gasteiger charge is 2.31. The molecule has 0 spiro atoms. The molecule has 0 bridgehead atoms. The Bertz CT molecular complexity index is 1070. The van der Waals surface area contributed by atoms with Crippen LogP contribution in [-0.2, 0) is 17.4 Å². The normalized spacial score (nSPS) is 16.0. The molecule has 0 radical (unpaired) electrons. The van der Waals surface area contributed by atoms with Crippen molar-refractivity contribution in [1.29, 1.82) is 5.41 Å². The van der Waals surface area contributed by atoms with Crippen LogP contribution in [0.15, 0.2) is 24.3 Å². The van der Waals surface area contributed by atoms with Crippen molar-refractivity contribution in [3.05, 3.63) is 52.2 Å². The van der Waals surface area contributed by atoms with Crippen molar-refractivity contribution < 1.29 is 9.90 Å². The van der Waals surface area contributed by atoms with Crippen LogP contribution in [0.2, 0.25) is 0 Å². The number of amidine groups is 1. The molecule has 0 aliphatic carbocycles. The summed E-state index contributed by atoms with van der Waals surface area (Å²) in [4.78, 5) is 22.2. The van der Waals surface area contributed by atoms with E-state index in [1.807, 2.05) is 65.8 Å². The SMILES string of the molecule is Br.CC(C)(C)c1cc(C(=O)CN2Cc3ccc(N4CCCC4)nc3C2=N)cc(C(C)(C)C)c1O. The number of carbonyl (C=O) groups is 1. The second-order valence-corrected chi connectivity index (χ2v) is 11.4. The lowest BCUT2D eigenvalue weighted by Gasteiger charge is -2.28. The number of nitrogens with one attached hydrogen (secondary N) is 1. The van der Waals surface area contributed by atoms with E-state index in [-0.39, 0.29) is 45.9 Å². The van der Waals surface area contributed by atoms with E-state index in [0.29, 0.717) is 23.6 Å². The van der Waals surface area contributed by atoms with Gasteiger partial charge in [-0.3, -0.25) is 10.2 Å². The molecule has 1 aromatic carbocycles. The number of ketones is 1. The van der Waals surface area contributed by atoms with Gasteiger partial charge in [0.1, 0.15) is 23.1 Å². The molecule has 6 nitrogen and oxygen atoms in total. The van der Waals surface area contributed by atoms with Gasteiger partial charge in [-0.15, -0.1) is 17.0 Å². The van der Waals surface area contributed by atoms with Crippen molar-refractivity contribution in [3.63, 3.8) is 0 Å². The minimum Gasteiger partial charge on any atom is -0.507 e. The number of benzene rings is 1. The third kappa shape index (κ3) is 4.99. The van der Waals surface area contributed by atoms with Crippen LogP contribution in [0.4, 0.5) is 5.82 Å². The molecule has 0 unspecified atom stereocenters. The van der Waals surface area contributed by atoms with Gasteiger partial charge in [0, 0.05) is 41.9 Å². The molecule has 1 fully saturated rings. The summed E-state index contributed by atoms with van der Waals surface area (Å²) in [7, 11) is 0. The lowest BCUT2D eigenvalue weighted by molar-refractivity contribution is 0.0962. The number of rotatable bonds is 4. The Morgan fingerprint density at radius 3 is 2.12 bits per heavy atom. The minimum absolute atomic E-state index is 0. The van der Waals surface area contributed by atoms with Gasteiger partial charge >= 0.3 is 0 Å². The van der Waals surface area contributed by atoms with E-state index in [1.54, 1.807) is 4.90 Å². The number of Topliss-reactive ketones (excluding diaryl/α,β-unsaturated/α-hetero) is 1. The highest BCUT2D eigenvalue weighted by Crippen LogP contribution is 2.40. The maximum atomic E-state index is 13.4. The highest BCUT2D eigenvalue weighted by molar-refractivity contribution is 8.93. The average molecular weight is 530 g/mol. The predicted octanol–water partition coefficient (Wildman–Crippen LogP) is 5.58. The van der Waals surface area contributed by atoms with Crippen molar-refractivity contribution in [3.8, 4) is 5.75 Å². The first-order chi connectivity index (χ1) is 15.4. The first-order valence-electron chi connectivity index (χ1n) is 11.9. The Morgan fingerprint density at radius 2 is 1.59 bits per heavy atom. The zero-order valence-electron chi connectivity index (χ0n) is 21.2. The van der Waals surface area contributed by atoms with Crippen LogP contribution in [0.3, 0.4) is 0 Å². The zero-order valence-corrected chi connectivity index (χ0v) is 22.9. The van der Waals surface area contributed by atoms with Crippen LogP contribution in [-0.4, -0.2) is 46.2 Å². The number of halogens is 1. The highest BCUT2D eigenvalue weighted by atomic mass is 79.9. The van der Waals surface area contributed by atoms with Crippen molar-refractivity contribution in [2.45, 2.75) is 71.8 Å². The maximum absolute atomic E-state index is 13.4. The monoisotopic (exact) mass is 528 g/mol. The van der Waals surface area contributed by atoms with Crippen LogP contribution in [0.25, 0.3) is 0 Å². The van der Waals surface area contributed by atoms with Gasteiger partial charge in [0.05, 0.1) is 6.54 Å². The number of aromatic hydroxyl groups is 1. The third-order valence-corrected chi connectivity index (χ3v) is 6.68. The van der Waals surface area contributed by atoms with Gasteiger partial charge in [0.2, 0.25) is 0 Å². The smallest absolute Gasteiger partial charge is 0.182 e. The van der Waals surface area contributed by atoms with Crippen molar-refractivity contribution >= 4 is 34.4 Å². The summed E-state index contributed by atoms with van der Waals surface area (Å²) in [6.45, 7) is 14.9. The van der Waals surface area contributed by atoms with Gasteiger partial charge in [-0.2, -0.15) is 0 Å². The Labute approximate surface area is 213 Å². The van der Waals surface area contributed by atoms with E-state index in [2.05, 4.69) is 4.90 Å². The molecular weight excluding hydrogens is 492 g/mol. The summed E-state index contributed by atoms with van der Waals surface area (Å²) in [5.74, 6) is 1.45. The summed E-state index contributed by atoms with van der Waals surface area (Å²) in [5, 5.41) is 19.6. The lowest BCUT2D eigenvalue weighted by atomic mass is 9.78. The fourth-order valence-corrected chi connectivity index (χ4v) is 4.71. The number of pyridine rings is 1. The Morgan fingerprint density at radius 1 is 1.03 bits per heavy atom. The molecule has 184 valence electrons. The first kappa shape index (κ1) is 26.2. The number of phenols is 1. The topological polar surface area (TPSA) is 80.5 Å². The molecule has 3 heterocycles. The minimum atomic E-state index is -0.299. The largest absolute Gasteiger partial charge is 0.507 e. The number of hydrogen-bond acceptors (Lipinski definition) is 5. The van der Waals surface area contributed by atoms with Crippen LogP contribution in [0, 0.1) is 5.41 Å². The molecule has 0 amide bonds. The van der Waals surface area contributed by atoms with Gasteiger partial charge in [-0.25, -0.2) is 4.98 Å². The van der Waals surface area contributed by atoms with Gasteiger partial charge in [-0.05, 0) is 41.9 Å². The summed E-state index contributed by atoms with van der Waals surface area (Å²) in [6, 6.07) is 7.73. The number of fused-ring (bicyclic) bond motifs is 1. The van der Waals surface area contributed by atoms with Gasteiger partial charge in [-0.1, -0.05) is 47.6 Å². The van der Waals surface area contributed by atoms with E-state index < -0.39 is 0 Å². The van der Waals surface area contributed by atoms with Crippen LogP contribution in [0.1, 0.15) is 87.1 Å². The number of aromatic nitrogens is 1. The van der Waals surface area contributed by atoms with Crippen LogP contribution < -0.4 is 4.90 Å². The molecule has 34 heavy (non-hydrogen) atoms. The fraction of sp³-hybridized carbons (Fsp3) is 0.519. The van der Waals surface area contributed by atoms with E-state index in [1.165, 1.54) is 12.8 Å². The molecule has 1 saturated heterocycles. The fourth-order valence-electron chi connectivity index (χ4n) is 4.71. The van der Waals surface area contributed by atoms with Crippen molar-refractivity contribution in [1.82, 2.24) is 9.88 Å². The molecule has 0 atom stereocenters. The molecule has 0 saturated carbocycles. The maximum Gasteiger partial charge on any atom is 0.182 e. The Balaban J connectivity index is 0.00000324. The molecule has 7 heteroatoms. The summed E-state index contributed by atoms with van der Waals surface area (Å²) >= 11 is 0. The summed E-state index contributed by atoms with van der Waals surface area (Å²) in [6.07, 6.45) is 2.35. The predicted molar refractivity (Wildman–Crippen MR) is 143 cm³/mol. The number of anilines is 1. The standard InChI is InChI=1S/C27H36N4O2.BrH/c1-26(2,3)19-13-18(14-20(24(19)33)27(4,5)6)21(32)16-31-15-17-9-10-22(29-23(17)25(31)28)30-11-7-8-12-30;/h9-10,13-14,28,33H,7-8,11-12,15-16H2,1-6H3;1H. The molecule has 4 rings (SSSR count). The van der Waals surface area contributed by atoms with Gasteiger partial charge in [0.15, 0.2) is 5.78 Å². The third-order valence-electron chi connectivity index (χ3n) is 6.68. The van der Waals surface area contributed by atoms with Crippen LogP contribution in [0.5, 0.6) is 5.75 Å². The van der Waals surface area contributed by atoms with E-state index >= 15 is 0 Å².